The fraction of sp³-hybridized carbons (Fsp3) is 0.512. The second-order valence-corrected chi connectivity index (χ2v) is 14.3. The summed E-state index contributed by atoms with van der Waals surface area (Å²) in [6.45, 7) is 11.3. The molecule has 4 saturated heterocycles. The number of ether oxygens (including phenoxy) is 3. The Balaban J connectivity index is 1.31. The Bertz CT molecular complexity index is 1600. The van der Waals surface area contributed by atoms with Crippen molar-refractivity contribution < 1.29 is 38.5 Å². The zero-order valence-electron chi connectivity index (χ0n) is 30.4. The van der Waals surface area contributed by atoms with E-state index in [2.05, 4.69) is 23.4 Å². The fourth-order valence-electron chi connectivity index (χ4n) is 8.52. The number of hydrogen-bond donors (Lipinski definition) is 2. The molecule has 2 bridgehead atoms. The third kappa shape index (κ3) is 8.26. The van der Waals surface area contributed by atoms with E-state index in [4.69, 9.17) is 14.2 Å². The Hall–Kier alpha value is -4.36. The largest absolute Gasteiger partial charge is 0.455 e. The first kappa shape index (κ1) is 38.4. The van der Waals surface area contributed by atoms with Crippen molar-refractivity contribution in [1.82, 2.24) is 20.0 Å². The molecule has 6 rings (SSSR count). The maximum Gasteiger partial charge on any atom is 0.313 e. The van der Waals surface area contributed by atoms with Crippen molar-refractivity contribution in [3.8, 4) is 0 Å². The second-order valence-electron chi connectivity index (χ2n) is 14.3. The van der Waals surface area contributed by atoms with Gasteiger partial charge in [-0.2, -0.15) is 0 Å². The van der Waals surface area contributed by atoms with Gasteiger partial charge in [-0.15, -0.1) is 13.2 Å². The predicted molar refractivity (Wildman–Crippen MR) is 197 cm³/mol. The van der Waals surface area contributed by atoms with Gasteiger partial charge >= 0.3 is 5.97 Å². The zero-order chi connectivity index (χ0) is 37.4. The van der Waals surface area contributed by atoms with Gasteiger partial charge in [-0.25, -0.2) is 0 Å². The van der Waals surface area contributed by atoms with Gasteiger partial charge in [0, 0.05) is 39.1 Å². The maximum absolute atomic E-state index is 14.9. The van der Waals surface area contributed by atoms with Crippen LogP contribution in [0.25, 0.3) is 0 Å². The topological polar surface area (TPSA) is 138 Å². The highest BCUT2D eigenvalue weighted by atomic mass is 16.6. The van der Waals surface area contributed by atoms with Crippen LogP contribution in [0.5, 0.6) is 0 Å². The second kappa shape index (κ2) is 17.6. The molecule has 4 fully saturated rings. The number of nitrogens with zero attached hydrogens (tertiary/aromatic N) is 3. The van der Waals surface area contributed by atoms with Crippen LogP contribution in [0.1, 0.15) is 42.9 Å². The monoisotopic (exact) mass is 728 g/mol. The Morgan fingerprint density at radius 2 is 1.77 bits per heavy atom. The number of morpholine rings is 1. The van der Waals surface area contributed by atoms with E-state index in [1.54, 1.807) is 17.1 Å². The summed E-state index contributed by atoms with van der Waals surface area (Å²) in [7, 11) is 0. The molecule has 12 heteroatoms. The summed E-state index contributed by atoms with van der Waals surface area (Å²) in [5.41, 5.74) is 0.309. The van der Waals surface area contributed by atoms with Crippen LogP contribution in [0.4, 0.5) is 0 Å². The molecule has 0 unspecified atom stereocenters. The number of benzene rings is 2. The molecule has 0 aromatic heterocycles. The number of allylic oxidation sites excluding steroid dienone is 1. The molecule has 0 radical (unpaired) electrons. The van der Waals surface area contributed by atoms with Crippen LogP contribution in [0.15, 0.2) is 86.0 Å². The molecule has 4 aliphatic rings. The number of rotatable bonds is 18. The molecular formula is C41H52N4O8. The van der Waals surface area contributed by atoms with E-state index < -0.39 is 53.6 Å². The molecule has 2 aromatic carbocycles. The van der Waals surface area contributed by atoms with Gasteiger partial charge in [0.05, 0.1) is 50.3 Å². The average molecular weight is 729 g/mol. The van der Waals surface area contributed by atoms with Gasteiger partial charge in [-0.05, 0) is 36.8 Å². The first-order valence-electron chi connectivity index (χ1n) is 18.8. The van der Waals surface area contributed by atoms with Crippen LogP contribution < -0.4 is 5.32 Å². The third-order valence-corrected chi connectivity index (χ3v) is 11.1. The Morgan fingerprint density at radius 1 is 1.06 bits per heavy atom. The fourth-order valence-corrected chi connectivity index (χ4v) is 8.52. The molecule has 4 aliphatic heterocycles. The molecule has 4 heterocycles. The van der Waals surface area contributed by atoms with E-state index in [9.17, 15) is 24.3 Å². The lowest BCUT2D eigenvalue weighted by Gasteiger charge is -2.40. The lowest BCUT2D eigenvalue weighted by molar-refractivity contribution is -0.161. The molecule has 2 N–H and O–H groups in total. The van der Waals surface area contributed by atoms with Gasteiger partial charge in [-0.3, -0.25) is 24.1 Å². The van der Waals surface area contributed by atoms with Crippen molar-refractivity contribution in [2.45, 2.75) is 62.0 Å². The highest BCUT2D eigenvalue weighted by molar-refractivity contribution is 5.98. The Kier molecular flexibility index (Phi) is 12.8. The summed E-state index contributed by atoms with van der Waals surface area (Å²) in [5.74, 6) is -3.47. The van der Waals surface area contributed by atoms with E-state index >= 15 is 0 Å². The normalized spacial score (nSPS) is 26.1. The van der Waals surface area contributed by atoms with Crippen LogP contribution >= 0.6 is 0 Å². The van der Waals surface area contributed by atoms with Crippen LogP contribution in [-0.4, -0.2) is 126 Å². The van der Waals surface area contributed by atoms with E-state index in [1.807, 2.05) is 60.7 Å². The SMILES string of the molecule is C=CCCC(=O)NC[C@@H](OC(=O)[C@@H]1[C@H]2C(=O)N([C@@H](CO)Cc3ccccc3)[C@H](C(=O)N(CC=C)CCN3CCOCC3)[C@]23CC[C@H]1O3)c1ccccc1. The van der Waals surface area contributed by atoms with Crippen LogP contribution in [-0.2, 0) is 39.8 Å². The first-order valence-corrected chi connectivity index (χ1v) is 18.8. The summed E-state index contributed by atoms with van der Waals surface area (Å²) >= 11 is 0. The van der Waals surface area contributed by atoms with E-state index in [1.165, 1.54) is 4.90 Å². The van der Waals surface area contributed by atoms with Crippen molar-refractivity contribution in [2.75, 3.05) is 59.1 Å². The van der Waals surface area contributed by atoms with Gasteiger partial charge in [0.1, 0.15) is 17.7 Å². The molecule has 2 aromatic rings. The number of aliphatic hydroxyl groups is 1. The molecule has 7 atom stereocenters. The summed E-state index contributed by atoms with van der Waals surface area (Å²) < 4.78 is 18.4. The van der Waals surface area contributed by atoms with Crippen LogP contribution in [0.2, 0.25) is 0 Å². The maximum atomic E-state index is 14.9. The van der Waals surface area contributed by atoms with Gasteiger partial charge in [0.2, 0.25) is 17.7 Å². The lowest BCUT2D eigenvalue weighted by atomic mass is 9.70. The lowest BCUT2D eigenvalue weighted by Crippen LogP contribution is -2.59. The number of hydrogen-bond acceptors (Lipinski definition) is 9. The van der Waals surface area contributed by atoms with E-state index in [0.717, 1.165) is 18.7 Å². The van der Waals surface area contributed by atoms with Gasteiger partial charge in [0.25, 0.3) is 0 Å². The number of carbonyl (C=O) groups is 4. The number of amides is 3. The molecule has 0 saturated carbocycles. The van der Waals surface area contributed by atoms with Crippen molar-refractivity contribution >= 4 is 23.7 Å². The van der Waals surface area contributed by atoms with Gasteiger partial charge in [-0.1, -0.05) is 72.8 Å². The summed E-state index contributed by atoms with van der Waals surface area (Å²) in [6.07, 6.45) is 3.85. The minimum Gasteiger partial charge on any atom is -0.455 e. The third-order valence-electron chi connectivity index (χ3n) is 11.1. The first-order chi connectivity index (χ1) is 25.8. The van der Waals surface area contributed by atoms with Crippen LogP contribution in [0, 0.1) is 11.8 Å². The van der Waals surface area contributed by atoms with Gasteiger partial charge in [0.15, 0.2) is 0 Å². The molecule has 1 spiro atoms. The minimum absolute atomic E-state index is 0.0459. The zero-order valence-corrected chi connectivity index (χ0v) is 30.4. The van der Waals surface area contributed by atoms with Crippen molar-refractivity contribution in [3.63, 3.8) is 0 Å². The number of likely N-dealkylation sites (tertiary alicyclic amines) is 1. The smallest absolute Gasteiger partial charge is 0.313 e. The molecule has 53 heavy (non-hydrogen) atoms. The molecular weight excluding hydrogens is 676 g/mol. The quantitative estimate of drug-likeness (QED) is 0.175. The van der Waals surface area contributed by atoms with Crippen molar-refractivity contribution in [1.29, 1.82) is 0 Å². The number of fused-ring (bicyclic) bond motifs is 1. The minimum atomic E-state index is -1.29. The molecule has 0 aliphatic carbocycles. The number of nitrogens with one attached hydrogen (secondary N) is 1. The van der Waals surface area contributed by atoms with Crippen LogP contribution in [0.3, 0.4) is 0 Å². The molecule has 3 amide bonds. The van der Waals surface area contributed by atoms with E-state index in [0.29, 0.717) is 57.6 Å². The van der Waals surface area contributed by atoms with Gasteiger partial charge < -0.3 is 34.4 Å². The standard InChI is InChI=1S/C41H52N4O8/c1-3-5-16-34(47)42-27-33(30-14-10-7-11-15-30)52-40(50)35-32-17-18-41(53-32)36(35)38(48)45(31(28-46)26-29-12-8-6-9-13-29)37(41)39(49)44(19-4-2)21-20-43-22-24-51-25-23-43/h3-4,6-15,31-33,35-37,46H,1-2,5,16-28H2,(H,42,47)/t31-,32-,33-,35+,36+,37-,41+/m1/s1. The number of aliphatic hydroxyl groups excluding tert-OH is 1. The van der Waals surface area contributed by atoms with Crippen molar-refractivity contribution in [3.05, 3.63) is 97.1 Å². The Morgan fingerprint density at radius 3 is 2.45 bits per heavy atom. The molecule has 284 valence electrons. The molecule has 12 nitrogen and oxygen atoms in total. The Labute approximate surface area is 311 Å². The number of carbonyl (C=O) groups excluding carboxylic acids is 4. The summed E-state index contributed by atoms with van der Waals surface area (Å²) in [5, 5.41) is 13.7. The van der Waals surface area contributed by atoms with E-state index in [-0.39, 0.29) is 37.9 Å². The highest BCUT2D eigenvalue weighted by Crippen LogP contribution is 2.59. The van der Waals surface area contributed by atoms with Crippen molar-refractivity contribution in [2.24, 2.45) is 11.8 Å². The average Bonchev–Trinajstić information content (AvgIpc) is 3.84. The summed E-state index contributed by atoms with van der Waals surface area (Å²) in [4.78, 5) is 62.2. The highest BCUT2D eigenvalue weighted by Gasteiger charge is 2.75. The summed E-state index contributed by atoms with van der Waals surface area (Å²) in [6, 6.07) is 16.9. The number of esters is 1. The predicted octanol–water partition coefficient (Wildman–Crippen LogP) is 2.68.